The van der Waals surface area contributed by atoms with Gasteiger partial charge in [0.25, 0.3) is 0 Å². The fourth-order valence-corrected chi connectivity index (χ4v) is 3.53. The topological polar surface area (TPSA) is 28.2 Å². The lowest BCUT2D eigenvalue weighted by Gasteiger charge is -2.31. The largest absolute Gasteiger partial charge is 0.416 e. The highest BCUT2D eigenvalue weighted by atomic mass is 35.5. The molecule has 2 heterocycles. The zero-order valence-corrected chi connectivity index (χ0v) is 15.2. The molecular weight excluding hydrogens is 363 g/mol. The minimum Gasteiger partial charge on any atom is -0.315 e. The Morgan fingerprint density at radius 1 is 1.15 bits per heavy atom. The smallest absolute Gasteiger partial charge is 0.315 e. The van der Waals surface area contributed by atoms with E-state index >= 15 is 0 Å². The third-order valence-electron chi connectivity index (χ3n) is 4.55. The van der Waals surface area contributed by atoms with Gasteiger partial charge < -0.3 is 5.32 Å². The molecule has 2 aromatic rings. The molecule has 1 fully saturated rings. The summed E-state index contributed by atoms with van der Waals surface area (Å²) in [5.74, 6) is 0. The van der Waals surface area contributed by atoms with E-state index in [1.165, 1.54) is 6.07 Å². The summed E-state index contributed by atoms with van der Waals surface area (Å²) in [5, 5.41) is 3.64. The lowest BCUT2D eigenvalue weighted by Crippen LogP contribution is -2.34. The Hall–Kier alpha value is -1.63. The molecule has 0 aliphatic carbocycles. The molecule has 1 aliphatic heterocycles. The van der Waals surface area contributed by atoms with Crippen LogP contribution < -0.4 is 5.32 Å². The summed E-state index contributed by atoms with van der Waals surface area (Å²) < 4.78 is 39.8. The standard InChI is InChI=1S/C19H21ClF3N3/c1-13-4-2-5-17(25-13)18(26-10-3-8-24-9-11-26)15-12-14(19(21,22)23)6-7-16(15)20/h2,4-7,12,18,24H,3,8-11H2,1H3. The quantitative estimate of drug-likeness (QED) is 0.848. The number of rotatable bonds is 3. The van der Waals surface area contributed by atoms with Crippen molar-refractivity contribution < 1.29 is 13.2 Å². The van der Waals surface area contributed by atoms with Crippen molar-refractivity contribution in [2.24, 2.45) is 0 Å². The predicted octanol–water partition coefficient (Wildman–Crippen LogP) is 4.45. The number of aromatic nitrogens is 1. The van der Waals surface area contributed by atoms with Gasteiger partial charge in [0.1, 0.15) is 0 Å². The molecule has 1 saturated heterocycles. The molecule has 3 rings (SSSR count). The van der Waals surface area contributed by atoms with Gasteiger partial charge in [0, 0.05) is 30.4 Å². The molecule has 0 radical (unpaired) electrons. The zero-order chi connectivity index (χ0) is 18.7. The van der Waals surface area contributed by atoms with Gasteiger partial charge in [-0.05, 0) is 55.8 Å². The molecule has 1 unspecified atom stereocenters. The van der Waals surface area contributed by atoms with Crippen molar-refractivity contribution in [3.63, 3.8) is 0 Å². The normalized spacial score (nSPS) is 17.7. The predicted molar refractivity (Wildman–Crippen MR) is 96.3 cm³/mol. The van der Waals surface area contributed by atoms with Crippen LogP contribution in [0.3, 0.4) is 0 Å². The fourth-order valence-electron chi connectivity index (χ4n) is 3.31. The molecule has 7 heteroatoms. The molecule has 0 amide bonds. The van der Waals surface area contributed by atoms with E-state index in [2.05, 4.69) is 15.2 Å². The number of pyridine rings is 1. The number of aryl methyl sites for hydroxylation is 1. The maximum atomic E-state index is 13.3. The van der Waals surface area contributed by atoms with E-state index in [-0.39, 0.29) is 0 Å². The molecule has 1 atom stereocenters. The first kappa shape index (κ1) is 19.1. The van der Waals surface area contributed by atoms with Crippen molar-refractivity contribution in [1.29, 1.82) is 0 Å². The lowest BCUT2D eigenvalue weighted by atomic mass is 9.98. The molecule has 0 bridgehead atoms. The number of nitrogens with zero attached hydrogens (tertiary/aromatic N) is 2. The Kier molecular flexibility index (Phi) is 5.85. The molecular formula is C19H21ClF3N3. The van der Waals surface area contributed by atoms with E-state index in [4.69, 9.17) is 11.6 Å². The van der Waals surface area contributed by atoms with Crippen LogP contribution in [0.25, 0.3) is 0 Å². The maximum Gasteiger partial charge on any atom is 0.416 e. The highest BCUT2D eigenvalue weighted by Gasteiger charge is 2.33. The van der Waals surface area contributed by atoms with Crippen LogP contribution in [0.1, 0.15) is 35.0 Å². The van der Waals surface area contributed by atoms with Crippen LogP contribution in [0.4, 0.5) is 13.2 Å². The van der Waals surface area contributed by atoms with Crippen molar-refractivity contribution in [2.75, 3.05) is 26.2 Å². The Morgan fingerprint density at radius 3 is 2.69 bits per heavy atom. The van der Waals surface area contributed by atoms with Gasteiger partial charge in [-0.1, -0.05) is 17.7 Å². The van der Waals surface area contributed by atoms with Crippen LogP contribution in [0.15, 0.2) is 36.4 Å². The van der Waals surface area contributed by atoms with E-state index in [0.29, 0.717) is 22.8 Å². The van der Waals surface area contributed by atoms with Crippen molar-refractivity contribution in [2.45, 2.75) is 25.6 Å². The summed E-state index contributed by atoms with van der Waals surface area (Å²) in [6.45, 7) is 5.02. The van der Waals surface area contributed by atoms with Gasteiger partial charge in [0.2, 0.25) is 0 Å². The fraction of sp³-hybridized carbons (Fsp3) is 0.421. The molecule has 140 valence electrons. The maximum absolute atomic E-state index is 13.3. The second kappa shape index (κ2) is 7.94. The van der Waals surface area contributed by atoms with Gasteiger partial charge in [-0.25, -0.2) is 0 Å². The van der Waals surface area contributed by atoms with E-state index < -0.39 is 17.8 Å². The first-order valence-corrected chi connectivity index (χ1v) is 8.99. The number of alkyl halides is 3. The third-order valence-corrected chi connectivity index (χ3v) is 4.89. The van der Waals surface area contributed by atoms with Crippen LogP contribution in [0.5, 0.6) is 0 Å². The minimum absolute atomic E-state index is 0.323. The lowest BCUT2D eigenvalue weighted by molar-refractivity contribution is -0.137. The van der Waals surface area contributed by atoms with Crippen molar-refractivity contribution >= 4 is 11.6 Å². The van der Waals surface area contributed by atoms with Crippen LogP contribution in [0, 0.1) is 6.92 Å². The highest BCUT2D eigenvalue weighted by molar-refractivity contribution is 6.31. The summed E-state index contributed by atoms with van der Waals surface area (Å²) in [6.07, 6.45) is -3.50. The Bertz CT molecular complexity index is 756. The monoisotopic (exact) mass is 383 g/mol. The molecule has 0 saturated carbocycles. The Balaban J connectivity index is 2.11. The van der Waals surface area contributed by atoms with E-state index in [9.17, 15) is 13.2 Å². The SMILES string of the molecule is Cc1cccc(C(c2cc(C(F)(F)F)ccc2Cl)N2CCCNCC2)n1. The second-order valence-electron chi connectivity index (χ2n) is 6.48. The molecule has 0 spiro atoms. The average Bonchev–Trinajstić information content (AvgIpc) is 2.85. The van der Waals surface area contributed by atoms with Crippen molar-refractivity contribution in [3.8, 4) is 0 Å². The highest BCUT2D eigenvalue weighted by Crippen LogP contribution is 2.37. The first-order chi connectivity index (χ1) is 12.4. The number of halogens is 4. The second-order valence-corrected chi connectivity index (χ2v) is 6.89. The van der Waals surface area contributed by atoms with Gasteiger partial charge in [0.15, 0.2) is 0 Å². The average molecular weight is 384 g/mol. The molecule has 26 heavy (non-hydrogen) atoms. The van der Waals surface area contributed by atoms with Gasteiger partial charge in [-0.3, -0.25) is 9.88 Å². The number of benzene rings is 1. The summed E-state index contributed by atoms with van der Waals surface area (Å²) in [4.78, 5) is 6.74. The summed E-state index contributed by atoms with van der Waals surface area (Å²) in [7, 11) is 0. The summed E-state index contributed by atoms with van der Waals surface area (Å²) in [5.41, 5.74) is 1.29. The summed E-state index contributed by atoms with van der Waals surface area (Å²) in [6, 6.07) is 8.71. The van der Waals surface area contributed by atoms with Crippen LogP contribution in [-0.2, 0) is 6.18 Å². The molecule has 1 aliphatic rings. The molecule has 1 aromatic heterocycles. The molecule has 1 N–H and O–H groups in total. The third kappa shape index (κ3) is 4.37. The minimum atomic E-state index is -4.41. The molecule has 3 nitrogen and oxygen atoms in total. The van der Waals surface area contributed by atoms with Crippen LogP contribution >= 0.6 is 11.6 Å². The zero-order valence-electron chi connectivity index (χ0n) is 14.5. The molecule has 1 aromatic carbocycles. The van der Waals surface area contributed by atoms with E-state index in [0.717, 1.165) is 43.9 Å². The van der Waals surface area contributed by atoms with Gasteiger partial charge in [-0.15, -0.1) is 0 Å². The number of hydrogen-bond donors (Lipinski definition) is 1. The van der Waals surface area contributed by atoms with Crippen molar-refractivity contribution in [3.05, 3.63) is 63.9 Å². The van der Waals surface area contributed by atoms with Crippen LogP contribution in [0.2, 0.25) is 5.02 Å². The van der Waals surface area contributed by atoms with Gasteiger partial charge in [0.05, 0.1) is 17.3 Å². The van der Waals surface area contributed by atoms with Crippen molar-refractivity contribution in [1.82, 2.24) is 15.2 Å². The summed E-state index contributed by atoms with van der Waals surface area (Å²) >= 11 is 6.35. The number of hydrogen-bond acceptors (Lipinski definition) is 3. The Morgan fingerprint density at radius 2 is 1.96 bits per heavy atom. The van der Waals surface area contributed by atoms with Gasteiger partial charge in [-0.2, -0.15) is 13.2 Å². The van der Waals surface area contributed by atoms with E-state index in [1.807, 2.05) is 25.1 Å². The number of nitrogens with one attached hydrogen (secondary N) is 1. The van der Waals surface area contributed by atoms with Crippen LogP contribution in [-0.4, -0.2) is 36.1 Å². The van der Waals surface area contributed by atoms with Gasteiger partial charge >= 0.3 is 6.18 Å². The van der Waals surface area contributed by atoms with E-state index in [1.54, 1.807) is 0 Å². The Labute approximate surface area is 156 Å². The first-order valence-electron chi connectivity index (χ1n) is 8.61.